The van der Waals surface area contributed by atoms with E-state index in [2.05, 4.69) is 5.32 Å². The molecule has 0 aromatic heterocycles. The summed E-state index contributed by atoms with van der Waals surface area (Å²) in [6, 6.07) is 10.5. The summed E-state index contributed by atoms with van der Waals surface area (Å²) in [4.78, 5) is 22.5. The SMILES string of the molecule is Cc1cc(C(=O)Nc2c(O)ccc3cccc(S(=O)(=O)O)c23)ccc1[N+](=O)[O-]. The number of aryl methyl sites for hydroxylation is 1. The summed E-state index contributed by atoms with van der Waals surface area (Å²) in [5, 5.41) is 23.8. The molecule has 3 aromatic carbocycles. The van der Waals surface area contributed by atoms with Crippen molar-refractivity contribution in [3.63, 3.8) is 0 Å². The second kappa shape index (κ2) is 6.91. The van der Waals surface area contributed by atoms with E-state index in [0.717, 1.165) is 6.07 Å². The molecule has 3 rings (SSSR count). The number of anilines is 1. The van der Waals surface area contributed by atoms with Crippen LogP contribution >= 0.6 is 0 Å². The molecule has 0 unspecified atom stereocenters. The number of carbonyl (C=O) groups is 1. The zero-order chi connectivity index (χ0) is 20.6. The Morgan fingerprint density at radius 3 is 2.46 bits per heavy atom. The van der Waals surface area contributed by atoms with Crippen LogP contribution in [0.15, 0.2) is 53.4 Å². The molecule has 0 heterocycles. The molecule has 0 radical (unpaired) electrons. The van der Waals surface area contributed by atoms with E-state index in [-0.39, 0.29) is 27.9 Å². The highest BCUT2D eigenvalue weighted by Crippen LogP contribution is 2.37. The molecule has 3 aromatic rings. The van der Waals surface area contributed by atoms with Crippen molar-refractivity contribution in [1.29, 1.82) is 0 Å². The van der Waals surface area contributed by atoms with Crippen molar-refractivity contribution in [2.75, 3.05) is 5.32 Å². The number of fused-ring (bicyclic) bond motifs is 1. The van der Waals surface area contributed by atoms with Gasteiger partial charge in [0.1, 0.15) is 10.6 Å². The van der Waals surface area contributed by atoms with Crippen LogP contribution in [0.5, 0.6) is 5.75 Å². The van der Waals surface area contributed by atoms with Crippen molar-refractivity contribution >= 4 is 38.2 Å². The summed E-state index contributed by atoms with van der Waals surface area (Å²) in [7, 11) is -4.63. The highest BCUT2D eigenvalue weighted by atomic mass is 32.2. The third-order valence-electron chi connectivity index (χ3n) is 4.16. The average Bonchev–Trinajstić information content (AvgIpc) is 2.62. The van der Waals surface area contributed by atoms with Gasteiger partial charge in [0.25, 0.3) is 21.7 Å². The number of rotatable bonds is 4. The van der Waals surface area contributed by atoms with E-state index in [0.29, 0.717) is 5.39 Å². The summed E-state index contributed by atoms with van der Waals surface area (Å²) < 4.78 is 32.9. The van der Waals surface area contributed by atoms with Crippen molar-refractivity contribution in [2.45, 2.75) is 11.8 Å². The Morgan fingerprint density at radius 2 is 1.86 bits per heavy atom. The van der Waals surface area contributed by atoms with Crippen LogP contribution in [0.1, 0.15) is 15.9 Å². The lowest BCUT2D eigenvalue weighted by Gasteiger charge is -2.13. The van der Waals surface area contributed by atoms with Gasteiger partial charge in [-0.2, -0.15) is 8.42 Å². The van der Waals surface area contributed by atoms with Crippen LogP contribution in [-0.2, 0) is 10.1 Å². The van der Waals surface area contributed by atoms with Crippen molar-refractivity contribution < 1.29 is 27.8 Å². The van der Waals surface area contributed by atoms with Crippen LogP contribution < -0.4 is 5.32 Å². The van der Waals surface area contributed by atoms with Crippen LogP contribution in [0.25, 0.3) is 10.8 Å². The van der Waals surface area contributed by atoms with Crippen LogP contribution in [0.3, 0.4) is 0 Å². The normalized spacial score (nSPS) is 11.4. The maximum Gasteiger partial charge on any atom is 0.295 e. The van der Waals surface area contributed by atoms with E-state index < -0.39 is 31.6 Å². The predicted octanol–water partition coefficient (Wildman–Crippen LogP) is 3.26. The van der Waals surface area contributed by atoms with E-state index in [1.165, 1.54) is 43.3 Å². The second-order valence-corrected chi connectivity index (χ2v) is 7.39. The third-order valence-corrected chi connectivity index (χ3v) is 5.05. The highest BCUT2D eigenvalue weighted by Gasteiger charge is 2.21. The van der Waals surface area contributed by atoms with Crippen molar-refractivity contribution in [3.8, 4) is 5.75 Å². The van der Waals surface area contributed by atoms with E-state index in [1.54, 1.807) is 6.07 Å². The summed E-state index contributed by atoms with van der Waals surface area (Å²) in [5.41, 5.74) is -0.0211. The Bertz CT molecular complexity index is 1240. The minimum absolute atomic E-state index is 0.0583. The van der Waals surface area contributed by atoms with Gasteiger partial charge in [-0.25, -0.2) is 0 Å². The molecule has 0 fully saturated rings. The Hall–Kier alpha value is -3.50. The molecule has 28 heavy (non-hydrogen) atoms. The predicted molar refractivity (Wildman–Crippen MR) is 101 cm³/mol. The number of benzene rings is 3. The van der Waals surface area contributed by atoms with E-state index in [9.17, 15) is 33.0 Å². The molecular weight excluding hydrogens is 388 g/mol. The van der Waals surface area contributed by atoms with E-state index >= 15 is 0 Å². The summed E-state index contributed by atoms with van der Waals surface area (Å²) in [5.74, 6) is -1.12. The van der Waals surface area contributed by atoms with Crippen LogP contribution in [0.4, 0.5) is 11.4 Å². The molecule has 0 aliphatic rings. The van der Waals surface area contributed by atoms with Crippen molar-refractivity contribution in [2.24, 2.45) is 0 Å². The van der Waals surface area contributed by atoms with Gasteiger partial charge < -0.3 is 10.4 Å². The zero-order valence-electron chi connectivity index (χ0n) is 14.4. The van der Waals surface area contributed by atoms with Gasteiger partial charge in [0.05, 0.1) is 10.6 Å². The van der Waals surface area contributed by atoms with Gasteiger partial charge >= 0.3 is 0 Å². The molecule has 3 N–H and O–H groups in total. The number of carbonyl (C=O) groups excluding carboxylic acids is 1. The number of phenolic OH excluding ortho intramolecular Hbond substituents is 1. The van der Waals surface area contributed by atoms with Gasteiger partial charge in [-0.1, -0.05) is 18.2 Å². The fraction of sp³-hybridized carbons (Fsp3) is 0.0556. The first-order valence-corrected chi connectivity index (χ1v) is 9.32. The average molecular weight is 402 g/mol. The lowest BCUT2D eigenvalue weighted by molar-refractivity contribution is -0.385. The highest BCUT2D eigenvalue weighted by molar-refractivity contribution is 7.86. The zero-order valence-corrected chi connectivity index (χ0v) is 15.2. The summed E-state index contributed by atoms with van der Waals surface area (Å²) >= 11 is 0. The van der Waals surface area contributed by atoms with Crippen molar-refractivity contribution in [1.82, 2.24) is 0 Å². The first kappa shape index (κ1) is 19.3. The molecule has 0 bridgehead atoms. The van der Waals surface area contributed by atoms with Gasteiger partial charge in [-0.3, -0.25) is 19.5 Å². The first-order valence-electron chi connectivity index (χ1n) is 7.88. The molecular formula is C18H14N2O7S. The van der Waals surface area contributed by atoms with Gasteiger partial charge in [0.15, 0.2) is 0 Å². The molecule has 1 amide bonds. The lowest BCUT2D eigenvalue weighted by atomic mass is 10.1. The molecule has 144 valence electrons. The number of hydrogen-bond acceptors (Lipinski definition) is 6. The third kappa shape index (κ3) is 3.50. The summed E-state index contributed by atoms with van der Waals surface area (Å²) in [6.45, 7) is 1.47. The molecule has 0 saturated heterocycles. The largest absolute Gasteiger partial charge is 0.506 e. The maximum atomic E-state index is 12.6. The number of nitro groups is 1. The molecule has 10 heteroatoms. The van der Waals surface area contributed by atoms with Gasteiger partial charge in [0, 0.05) is 22.6 Å². The quantitative estimate of drug-likeness (QED) is 0.263. The molecule has 0 aliphatic carbocycles. The molecule has 0 spiro atoms. The first-order chi connectivity index (χ1) is 13.1. The topological polar surface area (TPSA) is 147 Å². The standard InChI is InChI=1S/C18H14N2O7S/c1-10-9-12(5-7-13(10)20(23)24)18(22)19-17-14(21)8-6-11-3-2-4-15(16(11)17)28(25,26)27/h2-9,21H,1H3,(H,19,22)(H,25,26,27). The van der Waals surface area contributed by atoms with Gasteiger partial charge in [-0.05, 0) is 36.6 Å². The Labute approximate surface area is 159 Å². The number of phenols is 1. The molecule has 0 aliphatic heterocycles. The molecule has 0 atom stereocenters. The fourth-order valence-electron chi connectivity index (χ4n) is 2.86. The fourth-order valence-corrected chi connectivity index (χ4v) is 3.59. The summed E-state index contributed by atoms with van der Waals surface area (Å²) in [6.07, 6.45) is 0. The molecule has 9 nitrogen and oxygen atoms in total. The Balaban J connectivity index is 2.12. The van der Waals surface area contributed by atoms with Crippen molar-refractivity contribution in [3.05, 3.63) is 69.8 Å². The van der Waals surface area contributed by atoms with Crippen LogP contribution in [-0.4, -0.2) is 28.9 Å². The number of nitro benzene ring substituents is 1. The van der Waals surface area contributed by atoms with Gasteiger partial charge in [-0.15, -0.1) is 0 Å². The Morgan fingerprint density at radius 1 is 1.14 bits per heavy atom. The number of amides is 1. The number of hydrogen-bond donors (Lipinski definition) is 3. The smallest absolute Gasteiger partial charge is 0.295 e. The maximum absolute atomic E-state index is 12.6. The molecule has 0 saturated carbocycles. The second-order valence-electron chi connectivity index (χ2n) is 6.00. The van der Waals surface area contributed by atoms with Crippen LogP contribution in [0, 0.1) is 17.0 Å². The number of nitrogens with one attached hydrogen (secondary N) is 1. The van der Waals surface area contributed by atoms with Crippen LogP contribution in [0.2, 0.25) is 0 Å². The number of aromatic hydroxyl groups is 1. The lowest BCUT2D eigenvalue weighted by Crippen LogP contribution is -2.13. The minimum Gasteiger partial charge on any atom is -0.506 e. The number of nitrogens with zero attached hydrogens (tertiary/aromatic N) is 1. The minimum atomic E-state index is -4.63. The Kier molecular flexibility index (Phi) is 4.75. The van der Waals surface area contributed by atoms with Gasteiger partial charge in [0.2, 0.25) is 0 Å². The van der Waals surface area contributed by atoms with E-state index in [4.69, 9.17) is 0 Å². The monoisotopic (exact) mass is 402 g/mol. The van der Waals surface area contributed by atoms with E-state index in [1.807, 2.05) is 0 Å².